The Hall–Kier alpha value is -4.79. The Morgan fingerprint density at radius 3 is 2.66 bits per heavy atom. The molecule has 8 nitrogen and oxygen atoms in total. The number of benzene rings is 2. The number of anilines is 2. The lowest BCUT2D eigenvalue weighted by atomic mass is 10.0. The van der Waals surface area contributed by atoms with Crippen LogP contribution in [0.5, 0.6) is 11.6 Å². The molecule has 0 unspecified atom stereocenters. The standard InChI is InChI=1S/C29H25FN6O2/c30-21-5-4-6-24(15-21)38-27-10-8-22(17-32-27)33-29(37)28-25-14-19(7-9-26(25)34-35-28)20-13-23(18-31-16-20)36-11-2-1-3-12-36/h4-10,13-18H,1-3,11-12H2,(H,33,37)(H,34,35). The van der Waals surface area contributed by atoms with Crippen molar-refractivity contribution in [2.45, 2.75) is 19.3 Å². The van der Waals surface area contributed by atoms with Gasteiger partial charge in [0.2, 0.25) is 5.88 Å². The Labute approximate surface area is 218 Å². The Bertz CT molecular complexity index is 1590. The number of carbonyl (C=O) groups is 1. The van der Waals surface area contributed by atoms with E-state index in [1.165, 1.54) is 37.6 Å². The first-order valence-electron chi connectivity index (χ1n) is 12.5. The van der Waals surface area contributed by atoms with Crippen molar-refractivity contribution in [3.8, 4) is 22.8 Å². The first kappa shape index (κ1) is 23.6. The van der Waals surface area contributed by atoms with Crippen molar-refractivity contribution < 1.29 is 13.9 Å². The van der Waals surface area contributed by atoms with Gasteiger partial charge in [-0.15, -0.1) is 0 Å². The predicted octanol–water partition coefficient (Wildman–Crippen LogP) is 6.19. The summed E-state index contributed by atoms with van der Waals surface area (Å²) in [6.07, 6.45) is 8.89. The third-order valence-electron chi connectivity index (χ3n) is 6.57. The van der Waals surface area contributed by atoms with Gasteiger partial charge in [-0.2, -0.15) is 5.10 Å². The maximum atomic E-state index is 13.4. The number of piperidine rings is 1. The fourth-order valence-corrected chi connectivity index (χ4v) is 4.63. The predicted molar refractivity (Wildman–Crippen MR) is 144 cm³/mol. The van der Waals surface area contributed by atoms with E-state index in [9.17, 15) is 9.18 Å². The molecule has 9 heteroatoms. The Balaban J connectivity index is 1.20. The first-order chi connectivity index (χ1) is 18.6. The second-order valence-electron chi connectivity index (χ2n) is 9.21. The van der Waals surface area contributed by atoms with Crippen LogP contribution in [0.25, 0.3) is 22.0 Å². The van der Waals surface area contributed by atoms with Gasteiger partial charge in [0.05, 0.1) is 29.3 Å². The van der Waals surface area contributed by atoms with E-state index in [1.54, 1.807) is 24.3 Å². The minimum atomic E-state index is -0.397. The van der Waals surface area contributed by atoms with Gasteiger partial charge in [0, 0.05) is 42.4 Å². The number of fused-ring (bicyclic) bond motifs is 1. The number of ether oxygens (including phenoxy) is 1. The quantitative estimate of drug-likeness (QED) is 0.284. The van der Waals surface area contributed by atoms with Gasteiger partial charge in [-0.1, -0.05) is 12.1 Å². The number of aromatic amines is 1. The van der Waals surface area contributed by atoms with Crippen molar-refractivity contribution in [2.24, 2.45) is 0 Å². The third-order valence-corrected chi connectivity index (χ3v) is 6.57. The molecule has 1 amide bonds. The molecule has 3 aromatic heterocycles. The zero-order valence-electron chi connectivity index (χ0n) is 20.5. The number of pyridine rings is 2. The van der Waals surface area contributed by atoms with Crippen molar-refractivity contribution in [1.82, 2.24) is 20.2 Å². The number of hydrogen-bond donors (Lipinski definition) is 2. The second kappa shape index (κ2) is 10.3. The summed E-state index contributed by atoms with van der Waals surface area (Å²) in [4.78, 5) is 24.1. The molecule has 0 radical (unpaired) electrons. The summed E-state index contributed by atoms with van der Waals surface area (Å²) < 4.78 is 18.9. The first-order valence-corrected chi connectivity index (χ1v) is 12.5. The van der Waals surface area contributed by atoms with E-state index in [4.69, 9.17) is 4.74 Å². The highest BCUT2D eigenvalue weighted by molar-refractivity contribution is 6.11. The molecular formula is C29H25FN6O2. The molecule has 1 saturated heterocycles. The van der Waals surface area contributed by atoms with Crippen LogP contribution in [0, 0.1) is 5.82 Å². The van der Waals surface area contributed by atoms with Crippen molar-refractivity contribution in [3.05, 3.63) is 90.8 Å². The Morgan fingerprint density at radius 2 is 1.84 bits per heavy atom. The molecule has 4 heterocycles. The summed E-state index contributed by atoms with van der Waals surface area (Å²) in [6.45, 7) is 2.09. The summed E-state index contributed by atoms with van der Waals surface area (Å²) >= 11 is 0. The largest absolute Gasteiger partial charge is 0.439 e. The van der Waals surface area contributed by atoms with Gasteiger partial charge < -0.3 is 15.0 Å². The highest BCUT2D eigenvalue weighted by atomic mass is 19.1. The molecule has 0 spiro atoms. The van der Waals surface area contributed by atoms with Gasteiger partial charge >= 0.3 is 0 Å². The molecule has 1 aliphatic rings. The van der Waals surface area contributed by atoms with E-state index < -0.39 is 5.82 Å². The smallest absolute Gasteiger partial charge is 0.276 e. The van der Waals surface area contributed by atoms with Crippen molar-refractivity contribution in [2.75, 3.05) is 23.3 Å². The average Bonchev–Trinajstić information content (AvgIpc) is 3.38. The van der Waals surface area contributed by atoms with Gasteiger partial charge in [0.25, 0.3) is 5.91 Å². The highest BCUT2D eigenvalue weighted by Gasteiger charge is 2.17. The second-order valence-corrected chi connectivity index (χ2v) is 9.21. The summed E-state index contributed by atoms with van der Waals surface area (Å²) in [7, 11) is 0. The molecule has 2 aromatic carbocycles. The van der Waals surface area contributed by atoms with Gasteiger partial charge in [0.1, 0.15) is 11.6 Å². The molecule has 5 aromatic rings. The minimum absolute atomic E-state index is 0.280. The fraction of sp³-hybridized carbons (Fsp3) is 0.172. The highest BCUT2D eigenvalue weighted by Crippen LogP contribution is 2.29. The molecule has 0 aliphatic carbocycles. The zero-order valence-corrected chi connectivity index (χ0v) is 20.5. The number of carbonyl (C=O) groups excluding carboxylic acids is 1. The van der Waals surface area contributed by atoms with Crippen molar-refractivity contribution >= 4 is 28.2 Å². The lowest BCUT2D eigenvalue weighted by molar-refractivity contribution is 0.102. The number of hydrogen-bond acceptors (Lipinski definition) is 6. The fourth-order valence-electron chi connectivity index (χ4n) is 4.63. The van der Waals surface area contributed by atoms with E-state index >= 15 is 0 Å². The van der Waals surface area contributed by atoms with Crippen LogP contribution in [-0.2, 0) is 0 Å². The average molecular weight is 509 g/mol. The number of nitrogens with one attached hydrogen (secondary N) is 2. The summed E-state index contributed by atoms with van der Waals surface area (Å²) in [5.74, 6) is -0.144. The lowest BCUT2D eigenvalue weighted by Crippen LogP contribution is -2.29. The van der Waals surface area contributed by atoms with Crippen LogP contribution in [0.3, 0.4) is 0 Å². The number of rotatable bonds is 6. The molecule has 1 fully saturated rings. The van der Waals surface area contributed by atoms with Crippen LogP contribution in [0.2, 0.25) is 0 Å². The Kier molecular flexibility index (Phi) is 6.39. The molecule has 2 N–H and O–H groups in total. The number of amides is 1. The van der Waals surface area contributed by atoms with Crippen LogP contribution in [-0.4, -0.2) is 39.2 Å². The molecule has 1 aliphatic heterocycles. The molecule has 38 heavy (non-hydrogen) atoms. The number of aromatic nitrogens is 4. The van der Waals surface area contributed by atoms with E-state index in [0.29, 0.717) is 16.8 Å². The van der Waals surface area contributed by atoms with Crippen LogP contribution < -0.4 is 15.0 Å². The molecule has 190 valence electrons. The van der Waals surface area contributed by atoms with E-state index in [1.807, 2.05) is 30.6 Å². The minimum Gasteiger partial charge on any atom is -0.439 e. The molecule has 0 saturated carbocycles. The number of H-pyrrole nitrogens is 1. The van der Waals surface area contributed by atoms with E-state index in [-0.39, 0.29) is 17.5 Å². The maximum absolute atomic E-state index is 13.4. The van der Waals surface area contributed by atoms with E-state index in [0.717, 1.165) is 35.4 Å². The van der Waals surface area contributed by atoms with Gasteiger partial charge in [-0.05, 0) is 61.2 Å². The maximum Gasteiger partial charge on any atom is 0.276 e. The Morgan fingerprint density at radius 1 is 0.947 bits per heavy atom. The third kappa shape index (κ3) is 5.04. The normalized spacial score (nSPS) is 13.4. The van der Waals surface area contributed by atoms with Crippen LogP contribution in [0.1, 0.15) is 29.8 Å². The van der Waals surface area contributed by atoms with Crippen molar-refractivity contribution in [3.63, 3.8) is 0 Å². The molecule has 0 bridgehead atoms. The number of nitrogens with zero attached hydrogens (tertiary/aromatic N) is 4. The monoisotopic (exact) mass is 508 g/mol. The lowest BCUT2D eigenvalue weighted by Gasteiger charge is -2.28. The summed E-state index contributed by atoms with van der Waals surface area (Å²) in [5, 5.41) is 10.7. The zero-order chi connectivity index (χ0) is 25.9. The van der Waals surface area contributed by atoms with Gasteiger partial charge in [-0.3, -0.25) is 14.9 Å². The van der Waals surface area contributed by atoms with Crippen LogP contribution >= 0.6 is 0 Å². The molecule has 6 rings (SSSR count). The summed E-state index contributed by atoms with van der Waals surface area (Å²) in [6, 6.07) is 17.1. The van der Waals surface area contributed by atoms with Crippen LogP contribution in [0.4, 0.5) is 15.8 Å². The van der Waals surface area contributed by atoms with Gasteiger partial charge in [0.15, 0.2) is 5.69 Å². The van der Waals surface area contributed by atoms with E-state index in [2.05, 4.69) is 36.4 Å². The molecule has 0 atom stereocenters. The SMILES string of the molecule is O=C(Nc1ccc(Oc2cccc(F)c2)nc1)c1n[nH]c2ccc(-c3cncc(N4CCCCC4)c3)cc12. The van der Waals surface area contributed by atoms with Crippen molar-refractivity contribution in [1.29, 1.82) is 0 Å². The molecular weight excluding hydrogens is 483 g/mol. The van der Waals surface area contributed by atoms with Gasteiger partial charge in [-0.25, -0.2) is 9.37 Å². The topological polar surface area (TPSA) is 96.0 Å². The summed E-state index contributed by atoms with van der Waals surface area (Å²) in [5.41, 5.74) is 4.58. The number of halogens is 1. The van der Waals surface area contributed by atoms with Crippen LogP contribution in [0.15, 0.2) is 79.3 Å².